The van der Waals surface area contributed by atoms with Crippen molar-refractivity contribution in [3.8, 4) is 0 Å². The Morgan fingerprint density at radius 1 is 1.11 bits per heavy atom. The van der Waals surface area contributed by atoms with Crippen molar-refractivity contribution in [3.63, 3.8) is 0 Å². The highest BCUT2D eigenvalue weighted by Gasteiger charge is 2.40. The number of aromatic nitrogens is 1. The van der Waals surface area contributed by atoms with Crippen LogP contribution in [0.3, 0.4) is 0 Å². The van der Waals surface area contributed by atoms with Gasteiger partial charge in [-0.15, -0.1) is 0 Å². The highest BCUT2D eigenvalue weighted by Crippen LogP contribution is 2.40. The molecule has 0 unspecified atom stereocenters. The first-order valence-corrected chi connectivity index (χ1v) is 10.5. The van der Waals surface area contributed by atoms with Crippen LogP contribution >= 0.6 is 0 Å². The molecule has 4 rings (SSSR count). The van der Waals surface area contributed by atoms with Crippen LogP contribution in [0, 0.1) is 5.41 Å². The van der Waals surface area contributed by atoms with E-state index < -0.39 is 0 Å². The second kappa shape index (κ2) is 8.58. The SMILES string of the molecule is COCCCN1CC2(CCC1=O)CCN(Cc1ccc3ccccc3n1)CC2. The number of methoxy groups -OCH3 is 1. The fourth-order valence-corrected chi connectivity index (χ4v) is 4.72. The summed E-state index contributed by atoms with van der Waals surface area (Å²) in [6, 6.07) is 12.6. The molecule has 1 aromatic heterocycles. The zero-order valence-corrected chi connectivity index (χ0v) is 16.9. The van der Waals surface area contributed by atoms with Gasteiger partial charge in [-0.25, -0.2) is 0 Å². The normalized spacial score (nSPS) is 20.2. The molecule has 2 aliphatic rings. The Bertz CT molecular complexity index is 814. The van der Waals surface area contributed by atoms with E-state index in [1.165, 1.54) is 18.2 Å². The summed E-state index contributed by atoms with van der Waals surface area (Å²) in [6.45, 7) is 5.58. The van der Waals surface area contributed by atoms with Crippen molar-refractivity contribution in [2.45, 2.75) is 38.6 Å². The molecule has 2 saturated heterocycles. The molecule has 2 aromatic rings. The molecule has 28 heavy (non-hydrogen) atoms. The molecule has 5 heteroatoms. The third kappa shape index (κ3) is 4.36. The maximum Gasteiger partial charge on any atom is 0.222 e. The van der Waals surface area contributed by atoms with Crippen LogP contribution in [0.25, 0.3) is 10.9 Å². The molecule has 1 aromatic carbocycles. The standard InChI is InChI=1S/C23H31N3O2/c1-28-16-4-13-26-18-23(10-9-22(26)27)11-14-25(15-12-23)17-20-8-7-19-5-2-3-6-21(19)24-20/h2-3,5-8H,4,9-18H2,1H3. The summed E-state index contributed by atoms with van der Waals surface area (Å²) < 4.78 is 5.15. The number of carbonyl (C=O) groups excluding carboxylic acids is 1. The summed E-state index contributed by atoms with van der Waals surface area (Å²) in [6.07, 6.45) is 5.04. The zero-order chi connectivity index (χ0) is 19.4. The van der Waals surface area contributed by atoms with Gasteiger partial charge >= 0.3 is 0 Å². The number of ether oxygens (including phenoxy) is 1. The van der Waals surface area contributed by atoms with E-state index >= 15 is 0 Å². The first-order valence-electron chi connectivity index (χ1n) is 10.5. The van der Waals surface area contributed by atoms with Crippen molar-refractivity contribution in [1.82, 2.24) is 14.8 Å². The quantitative estimate of drug-likeness (QED) is 0.719. The van der Waals surface area contributed by atoms with E-state index in [-0.39, 0.29) is 0 Å². The Labute approximate surface area is 167 Å². The molecule has 0 atom stereocenters. The lowest BCUT2D eigenvalue weighted by Gasteiger charge is -2.47. The molecular weight excluding hydrogens is 350 g/mol. The number of hydrogen-bond donors (Lipinski definition) is 0. The van der Waals surface area contributed by atoms with Gasteiger partial charge in [-0.05, 0) is 56.3 Å². The highest BCUT2D eigenvalue weighted by molar-refractivity contribution is 5.78. The average molecular weight is 382 g/mol. The zero-order valence-electron chi connectivity index (χ0n) is 16.9. The lowest BCUT2D eigenvalue weighted by atomic mass is 9.72. The molecule has 3 heterocycles. The Balaban J connectivity index is 1.33. The second-order valence-corrected chi connectivity index (χ2v) is 8.43. The largest absolute Gasteiger partial charge is 0.385 e. The number of piperidine rings is 2. The molecule has 5 nitrogen and oxygen atoms in total. The van der Waals surface area contributed by atoms with E-state index in [1.807, 2.05) is 6.07 Å². The Kier molecular flexibility index (Phi) is 5.93. The third-order valence-electron chi connectivity index (χ3n) is 6.48. The molecule has 0 aliphatic carbocycles. The van der Waals surface area contributed by atoms with Crippen LogP contribution in [-0.4, -0.2) is 60.6 Å². The first kappa shape index (κ1) is 19.3. The van der Waals surface area contributed by atoms with E-state index in [0.717, 1.165) is 63.4 Å². The van der Waals surface area contributed by atoms with Gasteiger partial charge in [-0.1, -0.05) is 24.3 Å². The first-order chi connectivity index (χ1) is 13.7. The van der Waals surface area contributed by atoms with Gasteiger partial charge in [0.05, 0.1) is 11.2 Å². The lowest BCUT2D eigenvalue weighted by molar-refractivity contribution is -0.139. The summed E-state index contributed by atoms with van der Waals surface area (Å²) in [4.78, 5) is 21.7. The van der Waals surface area contributed by atoms with E-state index in [2.05, 4.69) is 40.1 Å². The van der Waals surface area contributed by atoms with Crippen molar-refractivity contribution in [1.29, 1.82) is 0 Å². The molecular formula is C23H31N3O2. The minimum Gasteiger partial charge on any atom is -0.385 e. The summed E-state index contributed by atoms with van der Waals surface area (Å²) >= 11 is 0. The van der Waals surface area contributed by atoms with Gasteiger partial charge in [0, 0.05) is 45.2 Å². The number of hydrogen-bond acceptors (Lipinski definition) is 4. The maximum absolute atomic E-state index is 12.3. The number of pyridine rings is 1. The third-order valence-corrected chi connectivity index (χ3v) is 6.48. The Morgan fingerprint density at radius 3 is 2.75 bits per heavy atom. The van der Waals surface area contributed by atoms with Crippen LogP contribution in [0.15, 0.2) is 36.4 Å². The number of rotatable bonds is 6. The smallest absolute Gasteiger partial charge is 0.222 e. The number of carbonyl (C=O) groups is 1. The van der Waals surface area contributed by atoms with Crippen molar-refractivity contribution in [3.05, 3.63) is 42.1 Å². The van der Waals surface area contributed by atoms with Crippen LogP contribution in [0.1, 0.15) is 37.8 Å². The van der Waals surface area contributed by atoms with E-state index in [0.29, 0.717) is 17.7 Å². The fraction of sp³-hybridized carbons (Fsp3) is 0.565. The topological polar surface area (TPSA) is 45.7 Å². The maximum atomic E-state index is 12.3. The van der Waals surface area contributed by atoms with Crippen LogP contribution in [-0.2, 0) is 16.1 Å². The van der Waals surface area contributed by atoms with Gasteiger partial charge < -0.3 is 9.64 Å². The highest BCUT2D eigenvalue weighted by atomic mass is 16.5. The summed E-state index contributed by atoms with van der Waals surface area (Å²) in [5.74, 6) is 0.324. The second-order valence-electron chi connectivity index (χ2n) is 8.43. The van der Waals surface area contributed by atoms with Crippen LogP contribution in [0.5, 0.6) is 0 Å². The van der Waals surface area contributed by atoms with Crippen molar-refractivity contribution in [2.75, 3.05) is 39.9 Å². The van der Waals surface area contributed by atoms with Crippen molar-refractivity contribution >= 4 is 16.8 Å². The fourth-order valence-electron chi connectivity index (χ4n) is 4.72. The van der Waals surface area contributed by atoms with Gasteiger partial charge in [-0.3, -0.25) is 14.7 Å². The number of nitrogens with zero attached hydrogens (tertiary/aromatic N) is 3. The van der Waals surface area contributed by atoms with Crippen molar-refractivity contribution < 1.29 is 9.53 Å². The molecule has 0 bridgehead atoms. The van der Waals surface area contributed by atoms with E-state index in [4.69, 9.17) is 9.72 Å². The number of likely N-dealkylation sites (tertiary alicyclic amines) is 2. The summed E-state index contributed by atoms with van der Waals surface area (Å²) in [5.41, 5.74) is 2.54. The molecule has 0 saturated carbocycles. The van der Waals surface area contributed by atoms with Gasteiger partial charge in [0.25, 0.3) is 0 Å². The number of para-hydroxylation sites is 1. The molecule has 0 radical (unpaired) electrons. The van der Waals surface area contributed by atoms with Gasteiger partial charge in [0.15, 0.2) is 0 Å². The number of fused-ring (bicyclic) bond motifs is 1. The van der Waals surface area contributed by atoms with Crippen LogP contribution in [0.4, 0.5) is 0 Å². The number of benzene rings is 1. The summed E-state index contributed by atoms with van der Waals surface area (Å²) in [5, 5.41) is 1.20. The average Bonchev–Trinajstić information content (AvgIpc) is 2.73. The Morgan fingerprint density at radius 2 is 1.93 bits per heavy atom. The van der Waals surface area contributed by atoms with Gasteiger partial charge in [0.1, 0.15) is 0 Å². The van der Waals surface area contributed by atoms with Gasteiger partial charge in [0.2, 0.25) is 5.91 Å². The Hall–Kier alpha value is -1.98. The molecule has 150 valence electrons. The van der Waals surface area contributed by atoms with Crippen LogP contribution < -0.4 is 0 Å². The molecule has 2 aliphatic heterocycles. The molecule has 0 N–H and O–H groups in total. The molecule has 1 amide bonds. The summed E-state index contributed by atoms with van der Waals surface area (Å²) in [7, 11) is 1.72. The lowest BCUT2D eigenvalue weighted by Crippen LogP contribution is -2.51. The predicted molar refractivity (Wildman–Crippen MR) is 111 cm³/mol. The van der Waals surface area contributed by atoms with Gasteiger partial charge in [-0.2, -0.15) is 0 Å². The van der Waals surface area contributed by atoms with E-state index in [9.17, 15) is 4.79 Å². The molecule has 1 spiro atoms. The number of amides is 1. The van der Waals surface area contributed by atoms with E-state index in [1.54, 1.807) is 7.11 Å². The van der Waals surface area contributed by atoms with Crippen molar-refractivity contribution in [2.24, 2.45) is 5.41 Å². The van der Waals surface area contributed by atoms with Crippen LogP contribution in [0.2, 0.25) is 0 Å². The monoisotopic (exact) mass is 381 g/mol. The minimum atomic E-state index is 0.314. The minimum absolute atomic E-state index is 0.314. The predicted octanol–water partition coefficient (Wildman–Crippen LogP) is 3.48. The molecule has 2 fully saturated rings.